The Labute approximate surface area is 142 Å². The molecule has 0 atom stereocenters. The molecule has 6 nitrogen and oxygen atoms in total. The van der Waals surface area contributed by atoms with E-state index in [0.717, 1.165) is 0 Å². The van der Waals surface area contributed by atoms with Gasteiger partial charge in [-0.2, -0.15) is 0 Å². The molecule has 2 N–H and O–H groups in total. The van der Waals surface area contributed by atoms with E-state index in [4.69, 9.17) is 0 Å². The molecular weight excluding hydrogens is 333 g/mol. The third kappa shape index (κ3) is 4.67. The first-order valence-corrected chi connectivity index (χ1v) is 9.40. The molecule has 1 aromatic rings. The van der Waals surface area contributed by atoms with E-state index in [9.17, 15) is 17.6 Å². The van der Waals surface area contributed by atoms with Gasteiger partial charge < -0.3 is 10.2 Å². The van der Waals surface area contributed by atoms with Crippen LogP contribution in [0.2, 0.25) is 0 Å². The van der Waals surface area contributed by atoms with Crippen LogP contribution in [0.15, 0.2) is 24.3 Å². The van der Waals surface area contributed by atoms with Gasteiger partial charge in [-0.05, 0) is 51.8 Å². The van der Waals surface area contributed by atoms with E-state index in [2.05, 4.69) is 10.0 Å². The van der Waals surface area contributed by atoms with E-state index in [0.29, 0.717) is 31.6 Å². The first-order valence-electron chi connectivity index (χ1n) is 7.92. The number of halogens is 1. The number of hydrogen-bond acceptors (Lipinski definition) is 3. The standard InChI is InChI=1S/C16H24FN3O3S/c1-16(2,3)24(22,23)19-13-7-9-20(10-8-13)15(21)18-14-6-4-5-12(17)11-14/h4-6,11,13,19H,7-10H2,1-3H3,(H,18,21). The Bertz CT molecular complexity index is 693. The summed E-state index contributed by atoms with van der Waals surface area (Å²) in [6, 6.07) is 5.22. The maximum absolute atomic E-state index is 13.1. The fraction of sp³-hybridized carbons (Fsp3) is 0.562. The quantitative estimate of drug-likeness (QED) is 0.872. The molecule has 1 aliphatic rings. The van der Waals surface area contributed by atoms with E-state index in [-0.39, 0.29) is 12.1 Å². The lowest BCUT2D eigenvalue weighted by atomic mass is 10.1. The fourth-order valence-corrected chi connectivity index (χ4v) is 3.39. The van der Waals surface area contributed by atoms with Crippen molar-refractivity contribution >= 4 is 21.7 Å². The number of hydrogen-bond donors (Lipinski definition) is 2. The summed E-state index contributed by atoms with van der Waals surface area (Å²) in [4.78, 5) is 13.8. The van der Waals surface area contributed by atoms with Crippen LogP contribution in [-0.2, 0) is 10.0 Å². The lowest BCUT2D eigenvalue weighted by Gasteiger charge is -2.33. The molecule has 0 aliphatic carbocycles. The third-order valence-electron chi connectivity index (χ3n) is 3.99. The van der Waals surface area contributed by atoms with E-state index >= 15 is 0 Å². The molecule has 1 aliphatic heterocycles. The van der Waals surface area contributed by atoms with E-state index in [1.54, 1.807) is 31.7 Å². The van der Waals surface area contributed by atoms with Crippen LogP contribution >= 0.6 is 0 Å². The van der Waals surface area contributed by atoms with Crippen LogP contribution < -0.4 is 10.0 Å². The van der Waals surface area contributed by atoms with Gasteiger partial charge in [0.1, 0.15) is 5.82 Å². The summed E-state index contributed by atoms with van der Waals surface area (Å²) in [6.07, 6.45) is 1.10. The summed E-state index contributed by atoms with van der Waals surface area (Å²) in [5.41, 5.74) is 0.399. The van der Waals surface area contributed by atoms with E-state index in [1.165, 1.54) is 18.2 Å². The van der Waals surface area contributed by atoms with Crippen molar-refractivity contribution < 1.29 is 17.6 Å². The van der Waals surface area contributed by atoms with Gasteiger partial charge in [0.25, 0.3) is 0 Å². The number of anilines is 1. The Hall–Kier alpha value is -1.67. The summed E-state index contributed by atoms with van der Waals surface area (Å²) >= 11 is 0. The lowest BCUT2D eigenvalue weighted by molar-refractivity contribution is 0.193. The van der Waals surface area contributed by atoms with Crippen LogP contribution in [0.4, 0.5) is 14.9 Å². The second-order valence-corrected chi connectivity index (χ2v) is 9.40. The van der Waals surface area contributed by atoms with Crippen molar-refractivity contribution in [3.05, 3.63) is 30.1 Å². The fourth-order valence-electron chi connectivity index (χ4n) is 2.37. The number of carbonyl (C=O) groups is 1. The Balaban J connectivity index is 1.87. The monoisotopic (exact) mass is 357 g/mol. The predicted molar refractivity (Wildman–Crippen MR) is 91.8 cm³/mol. The number of rotatable bonds is 3. The maximum Gasteiger partial charge on any atom is 0.321 e. The minimum atomic E-state index is -3.40. The summed E-state index contributed by atoms with van der Waals surface area (Å²) < 4.78 is 39.3. The van der Waals surface area contributed by atoms with Crippen LogP contribution in [0.3, 0.4) is 0 Å². The van der Waals surface area contributed by atoms with Gasteiger partial charge in [-0.15, -0.1) is 0 Å². The molecule has 1 aromatic carbocycles. The smallest absolute Gasteiger partial charge is 0.321 e. The van der Waals surface area contributed by atoms with Gasteiger partial charge in [0.2, 0.25) is 10.0 Å². The van der Waals surface area contributed by atoms with Gasteiger partial charge in [-0.3, -0.25) is 0 Å². The van der Waals surface area contributed by atoms with E-state index < -0.39 is 20.6 Å². The number of nitrogens with one attached hydrogen (secondary N) is 2. The number of nitrogens with zero attached hydrogens (tertiary/aromatic N) is 1. The van der Waals surface area contributed by atoms with E-state index in [1.807, 2.05) is 0 Å². The Kier molecular flexibility index (Phi) is 5.49. The molecule has 134 valence electrons. The number of benzene rings is 1. The normalized spacial score (nSPS) is 16.9. The Morgan fingerprint density at radius 3 is 2.42 bits per heavy atom. The lowest BCUT2D eigenvalue weighted by Crippen LogP contribution is -2.50. The third-order valence-corrected chi connectivity index (χ3v) is 6.24. The average Bonchev–Trinajstić information content (AvgIpc) is 2.46. The topological polar surface area (TPSA) is 78.5 Å². The first-order chi connectivity index (χ1) is 11.1. The van der Waals surface area contributed by atoms with Gasteiger partial charge in [0, 0.05) is 24.8 Å². The molecule has 0 spiro atoms. The summed E-state index contributed by atoms with van der Waals surface area (Å²) in [7, 11) is -3.40. The van der Waals surface area contributed by atoms with Crippen LogP contribution in [0.5, 0.6) is 0 Å². The van der Waals surface area contributed by atoms with Crippen molar-refractivity contribution in [2.45, 2.75) is 44.4 Å². The van der Waals surface area contributed by atoms with Crippen molar-refractivity contribution in [1.82, 2.24) is 9.62 Å². The number of sulfonamides is 1. The SMILES string of the molecule is CC(C)(C)S(=O)(=O)NC1CCN(C(=O)Nc2cccc(F)c2)CC1. The highest BCUT2D eigenvalue weighted by Crippen LogP contribution is 2.18. The zero-order valence-corrected chi connectivity index (χ0v) is 15.0. The molecule has 0 saturated carbocycles. The average molecular weight is 357 g/mol. The van der Waals surface area contributed by atoms with Crippen LogP contribution in [0.25, 0.3) is 0 Å². The number of piperidine rings is 1. The molecule has 0 aromatic heterocycles. The molecule has 0 radical (unpaired) electrons. The Morgan fingerprint density at radius 1 is 1.25 bits per heavy atom. The highest BCUT2D eigenvalue weighted by molar-refractivity contribution is 7.90. The molecule has 1 saturated heterocycles. The predicted octanol–water partition coefficient (Wildman–Crippen LogP) is 2.54. The molecule has 1 heterocycles. The minimum Gasteiger partial charge on any atom is -0.324 e. The first kappa shape index (κ1) is 18.7. The van der Waals surface area contributed by atoms with Gasteiger partial charge in [-0.25, -0.2) is 22.3 Å². The van der Waals surface area contributed by atoms with Crippen molar-refractivity contribution in [2.24, 2.45) is 0 Å². The molecule has 0 unspecified atom stereocenters. The van der Waals surface area contributed by atoms with Crippen LogP contribution in [0.1, 0.15) is 33.6 Å². The highest BCUT2D eigenvalue weighted by atomic mass is 32.2. The summed E-state index contributed by atoms with van der Waals surface area (Å²) in [6.45, 7) is 5.83. The molecular formula is C16H24FN3O3S. The number of urea groups is 1. The van der Waals surface area contributed by atoms with Crippen LogP contribution in [-0.4, -0.2) is 43.2 Å². The molecule has 2 amide bonds. The minimum absolute atomic E-state index is 0.174. The van der Waals surface area contributed by atoms with Gasteiger partial charge in [-0.1, -0.05) is 6.07 Å². The second kappa shape index (κ2) is 7.06. The number of carbonyl (C=O) groups excluding carboxylic acids is 1. The molecule has 24 heavy (non-hydrogen) atoms. The number of likely N-dealkylation sites (tertiary alicyclic amines) is 1. The Morgan fingerprint density at radius 2 is 1.88 bits per heavy atom. The zero-order chi connectivity index (χ0) is 18.0. The summed E-state index contributed by atoms with van der Waals surface area (Å²) in [5.74, 6) is -0.414. The molecule has 0 bridgehead atoms. The van der Waals surface area contributed by atoms with Crippen molar-refractivity contribution in [3.8, 4) is 0 Å². The van der Waals surface area contributed by atoms with Crippen LogP contribution in [0, 0.1) is 5.82 Å². The zero-order valence-electron chi connectivity index (χ0n) is 14.2. The van der Waals surface area contributed by atoms with Crippen molar-refractivity contribution in [3.63, 3.8) is 0 Å². The van der Waals surface area contributed by atoms with Gasteiger partial charge in [0.15, 0.2) is 0 Å². The largest absolute Gasteiger partial charge is 0.324 e. The molecule has 8 heteroatoms. The highest BCUT2D eigenvalue weighted by Gasteiger charge is 2.33. The van der Waals surface area contributed by atoms with Gasteiger partial charge in [0.05, 0.1) is 4.75 Å². The molecule has 1 fully saturated rings. The second-order valence-electron chi connectivity index (χ2n) is 6.94. The van der Waals surface area contributed by atoms with Gasteiger partial charge >= 0.3 is 6.03 Å². The maximum atomic E-state index is 13.1. The summed E-state index contributed by atoms with van der Waals surface area (Å²) in [5, 5.41) is 2.65. The van der Waals surface area contributed by atoms with Crippen molar-refractivity contribution in [1.29, 1.82) is 0 Å². The molecule has 2 rings (SSSR count). The van der Waals surface area contributed by atoms with Crippen molar-refractivity contribution in [2.75, 3.05) is 18.4 Å². The number of amides is 2.